The minimum absolute atomic E-state index is 0.157. The summed E-state index contributed by atoms with van der Waals surface area (Å²) >= 11 is 0. The number of hydrogen-bond donors (Lipinski definition) is 0. The molecule has 2 rings (SSSR count). The second-order valence-electron chi connectivity index (χ2n) is 3.13. The van der Waals surface area contributed by atoms with Gasteiger partial charge in [0, 0.05) is 19.2 Å². The SMILES string of the molecule is CN1CC2=CC=CCC=C2C1=O. The summed E-state index contributed by atoms with van der Waals surface area (Å²) in [6.45, 7) is 0.759. The molecular weight excluding hydrogens is 150 g/mol. The van der Waals surface area contributed by atoms with Crippen molar-refractivity contribution in [1.29, 1.82) is 0 Å². The fourth-order valence-corrected chi connectivity index (χ4v) is 1.57. The Morgan fingerprint density at radius 2 is 2.33 bits per heavy atom. The molecule has 0 atom stereocenters. The fraction of sp³-hybridized carbons (Fsp3) is 0.300. The van der Waals surface area contributed by atoms with Crippen molar-refractivity contribution in [2.24, 2.45) is 0 Å². The van der Waals surface area contributed by atoms with Crippen molar-refractivity contribution in [3.8, 4) is 0 Å². The smallest absolute Gasteiger partial charge is 0.253 e. The van der Waals surface area contributed by atoms with Crippen LogP contribution in [0.4, 0.5) is 0 Å². The van der Waals surface area contributed by atoms with Crippen LogP contribution in [0.15, 0.2) is 35.5 Å². The highest BCUT2D eigenvalue weighted by molar-refractivity contribution is 6.01. The van der Waals surface area contributed by atoms with E-state index in [1.54, 1.807) is 4.90 Å². The summed E-state index contributed by atoms with van der Waals surface area (Å²) < 4.78 is 0. The number of likely N-dealkylation sites (tertiary alicyclic amines) is 1. The normalized spacial score (nSPS) is 21.8. The lowest BCUT2D eigenvalue weighted by molar-refractivity contribution is -0.123. The van der Waals surface area contributed by atoms with Crippen LogP contribution < -0.4 is 0 Å². The number of amides is 1. The van der Waals surface area contributed by atoms with Crippen molar-refractivity contribution >= 4 is 5.91 Å². The van der Waals surface area contributed by atoms with Gasteiger partial charge in [-0.2, -0.15) is 0 Å². The highest BCUT2D eigenvalue weighted by Crippen LogP contribution is 2.24. The van der Waals surface area contributed by atoms with Crippen LogP contribution >= 0.6 is 0 Å². The number of carbonyl (C=O) groups excluding carboxylic acids is 1. The number of rotatable bonds is 0. The van der Waals surface area contributed by atoms with Crippen LogP contribution in [0.2, 0.25) is 0 Å². The molecule has 0 bridgehead atoms. The minimum Gasteiger partial charge on any atom is -0.337 e. The number of nitrogens with zero attached hydrogens (tertiary/aromatic N) is 1. The second kappa shape index (κ2) is 2.63. The Morgan fingerprint density at radius 1 is 1.50 bits per heavy atom. The van der Waals surface area contributed by atoms with Crippen molar-refractivity contribution in [3.63, 3.8) is 0 Å². The highest BCUT2D eigenvalue weighted by Gasteiger charge is 2.26. The highest BCUT2D eigenvalue weighted by atomic mass is 16.2. The summed E-state index contributed by atoms with van der Waals surface area (Å²) in [5, 5.41) is 0. The summed E-state index contributed by atoms with van der Waals surface area (Å²) in [6, 6.07) is 0. The van der Waals surface area contributed by atoms with E-state index in [0.29, 0.717) is 0 Å². The van der Waals surface area contributed by atoms with E-state index in [4.69, 9.17) is 0 Å². The Balaban J connectivity index is 2.42. The van der Waals surface area contributed by atoms with E-state index in [0.717, 1.165) is 24.1 Å². The van der Waals surface area contributed by atoms with E-state index in [2.05, 4.69) is 6.08 Å². The molecule has 12 heavy (non-hydrogen) atoms. The first-order valence-corrected chi connectivity index (χ1v) is 4.11. The number of likely N-dealkylation sites (N-methyl/N-ethyl adjacent to an activating group) is 1. The lowest BCUT2D eigenvalue weighted by atomic mass is 10.1. The first-order valence-electron chi connectivity index (χ1n) is 4.11. The third kappa shape index (κ3) is 0.998. The topological polar surface area (TPSA) is 20.3 Å². The molecule has 2 aliphatic rings. The van der Waals surface area contributed by atoms with Gasteiger partial charge in [-0.15, -0.1) is 0 Å². The van der Waals surface area contributed by atoms with Gasteiger partial charge >= 0.3 is 0 Å². The summed E-state index contributed by atoms with van der Waals surface area (Å²) in [7, 11) is 1.84. The van der Waals surface area contributed by atoms with Gasteiger partial charge in [0.2, 0.25) is 0 Å². The Kier molecular flexibility index (Phi) is 1.61. The molecule has 0 spiro atoms. The van der Waals surface area contributed by atoms with Crippen LogP contribution in [0.1, 0.15) is 6.42 Å². The summed E-state index contributed by atoms with van der Waals surface area (Å²) in [4.78, 5) is 13.2. The van der Waals surface area contributed by atoms with E-state index in [-0.39, 0.29) is 5.91 Å². The molecule has 1 aliphatic heterocycles. The minimum atomic E-state index is 0.157. The van der Waals surface area contributed by atoms with E-state index in [9.17, 15) is 4.79 Å². The molecule has 0 N–H and O–H groups in total. The maximum atomic E-state index is 11.5. The molecule has 1 saturated heterocycles. The van der Waals surface area contributed by atoms with Gasteiger partial charge in [0.05, 0.1) is 0 Å². The number of fused-ring (bicyclic) bond motifs is 1. The second-order valence-corrected chi connectivity index (χ2v) is 3.13. The molecule has 0 unspecified atom stereocenters. The third-order valence-electron chi connectivity index (χ3n) is 2.22. The number of allylic oxidation sites excluding steroid dienone is 4. The maximum absolute atomic E-state index is 11.5. The Morgan fingerprint density at radius 3 is 3.17 bits per heavy atom. The average Bonchev–Trinajstić information content (AvgIpc) is 2.30. The monoisotopic (exact) mass is 161 g/mol. The van der Waals surface area contributed by atoms with Crippen LogP contribution in [0.3, 0.4) is 0 Å². The van der Waals surface area contributed by atoms with Crippen molar-refractivity contribution < 1.29 is 4.79 Å². The standard InChI is InChI=1S/C10H11NO/c1-11-7-8-5-3-2-4-6-9(8)10(11)12/h2-3,5-6H,4,7H2,1H3. The molecule has 62 valence electrons. The van der Waals surface area contributed by atoms with Crippen molar-refractivity contribution in [3.05, 3.63) is 35.5 Å². The Labute approximate surface area is 71.9 Å². The summed E-state index contributed by atoms with van der Waals surface area (Å²) in [5.41, 5.74) is 2.04. The largest absolute Gasteiger partial charge is 0.337 e. The summed E-state index contributed by atoms with van der Waals surface area (Å²) in [6.07, 6.45) is 8.98. The maximum Gasteiger partial charge on any atom is 0.253 e. The van der Waals surface area contributed by atoms with Gasteiger partial charge in [-0.05, 0) is 12.0 Å². The van der Waals surface area contributed by atoms with Gasteiger partial charge in [0.25, 0.3) is 5.91 Å². The van der Waals surface area contributed by atoms with Gasteiger partial charge < -0.3 is 4.90 Å². The van der Waals surface area contributed by atoms with Gasteiger partial charge in [-0.1, -0.05) is 24.3 Å². The molecule has 1 amide bonds. The fourth-order valence-electron chi connectivity index (χ4n) is 1.57. The first kappa shape index (κ1) is 7.35. The molecule has 0 aromatic heterocycles. The quantitative estimate of drug-likeness (QED) is 0.524. The zero-order chi connectivity index (χ0) is 8.55. The Hall–Kier alpha value is -1.31. The number of hydrogen-bond acceptors (Lipinski definition) is 1. The first-order chi connectivity index (χ1) is 5.79. The third-order valence-corrected chi connectivity index (χ3v) is 2.22. The van der Waals surface area contributed by atoms with Crippen LogP contribution in [-0.4, -0.2) is 24.4 Å². The lowest BCUT2D eigenvalue weighted by Crippen LogP contribution is -2.19. The van der Waals surface area contributed by atoms with Gasteiger partial charge in [0.15, 0.2) is 0 Å². The van der Waals surface area contributed by atoms with Crippen molar-refractivity contribution in [1.82, 2.24) is 4.90 Å². The van der Waals surface area contributed by atoms with Crippen molar-refractivity contribution in [2.45, 2.75) is 6.42 Å². The van der Waals surface area contributed by atoms with Crippen molar-refractivity contribution in [2.75, 3.05) is 13.6 Å². The molecule has 0 saturated carbocycles. The molecule has 0 radical (unpaired) electrons. The molecule has 2 heteroatoms. The predicted octanol–water partition coefficient (Wildman–Crippen LogP) is 1.27. The van der Waals surface area contributed by atoms with Crippen LogP contribution in [0, 0.1) is 0 Å². The molecule has 2 nitrogen and oxygen atoms in total. The average molecular weight is 161 g/mol. The number of carbonyl (C=O) groups is 1. The zero-order valence-corrected chi connectivity index (χ0v) is 7.08. The van der Waals surface area contributed by atoms with E-state index in [1.165, 1.54) is 0 Å². The van der Waals surface area contributed by atoms with Crippen LogP contribution in [0.25, 0.3) is 0 Å². The molecule has 1 fully saturated rings. The predicted molar refractivity (Wildman–Crippen MR) is 47.6 cm³/mol. The van der Waals surface area contributed by atoms with Gasteiger partial charge in [-0.25, -0.2) is 0 Å². The summed E-state index contributed by atoms with van der Waals surface area (Å²) in [5.74, 6) is 0.157. The van der Waals surface area contributed by atoms with Crippen LogP contribution in [-0.2, 0) is 4.79 Å². The van der Waals surface area contributed by atoms with Gasteiger partial charge in [-0.3, -0.25) is 4.79 Å². The molecular formula is C10H11NO. The van der Waals surface area contributed by atoms with Gasteiger partial charge in [0.1, 0.15) is 0 Å². The Bertz CT molecular complexity index is 310. The lowest BCUT2D eigenvalue weighted by Gasteiger charge is -2.03. The van der Waals surface area contributed by atoms with Crippen LogP contribution in [0.5, 0.6) is 0 Å². The molecule has 0 aromatic rings. The molecule has 0 aromatic carbocycles. The zero-order valence-electron chi connectivity index (χ0n) is 7.08. The van der Waals surface area contributed by atoms with E-state index in [1.807, 2.05) is 25.3 Å². The molecule has 1 heterocycles. The molecule has 1 aliphatic carbocycles. The van der Waals surface area contributed by atoms with E-state index < -0.39 is 0 Å². The van der Waals surface area contributed by atoms with E-state index >= 15 is 0 Å².